The number of imide groups is 1. The topological polar surface area (TPSA) is 145 Å². The van der Waals surface area contributed by atoms with Crippen molar-refractivity contribution in [2.45, 2.75) is 11.7 Å². The normalized spacial score (nSPS) is 16.6. The Morgan fingerprint density at radius 1 is 1.13 bits per heavy atom. The zero-order valence-corrected chi connectivity index (χ0v) is 16.4. The molecular formula is C20H18N4O5S. The lowest BCUT2D eigenvalue weighted by Crippen LogP contribution is -2.32. The average Bonchev–Trinajstić information content (AvgIpc) is 2.99. The number of aromatic hydroxyl groups is 1. The molecule has 0 saturated carbocycles. The van der Waals surface area contributed by atoms with Crippen molar-refractivity contribution < 1.29 is 24.6 Å². The second-order valence-corrected chi connectivity index (χ2v) is 7.54. The molecule has 2 aromatic rings. The van der Waals surface area contributed by atoms with Crippen molar-refractivity contribution in [2.75, 3.05) is 4.90 Å². The van der Waals surface area contributed by atoms with Crippen LogP contribution in [-0.2, 0) is 9.59 Å². The van der Waals surface area contributed by atoms with E-state index in [9.17, 15) is 19.5 Å². The van der Waals surface area contributed by atoms with Gasteiger partial charge in [-0.15, -0.1) is 0 Å². The Morgan fingerprint density at radius 2 is 1.73 bits per heavy atom. The van der Waals surface area contributed by atoms with Crippen LogP contribution >= 0.6 is 11.8 Å². The summed E-state index contributed by atoms with van der Waals surface area (Å²) >= 11 is 0.943. The third kappa shape index (κ3) is 4.61. The Balaban J connectivity index is 1.63. The van der Waals surface area contributed by atoms with E-state index in [0.29, 0.717) is 16.9 Å². The number of aromatic carboxylic acids is 1. The number of nitrogens with two attached hydrogens (primary N) is 1. The van der Waals surface area contributed by atoms with Crippen LogP contribution < -0.4 is 16.1 Å². The Hall–Kier alpha value is -3.79. The fourth-order valence-corrected chi connectivity index (χ4v) is 3.56. The molecule has 0 bridgehead atoms. The molecule has 2 amide bonds. The minimum absolute atomic E-state index is 0.0455. The Morgan fingerprint density at radius 3 is 2.33 bits per heavy atom. The molecule has 5 N–H and O–H groups in total. The molecule has 30 heavy (non-hydrogen) atoms. The van der Waals surface area contributed by atoms with E-state index in [2.05, 4.69) is 17.1 Å². The number of amides is 2. The van der Waals surface area contributed by atoms with Gasteiger partial charge >= 0.3 is 5.97 Å². The number of hydrazone groups is 1. The number of benzene rings is 2. The minimum atomic E-state index is -1.10. The lowest BCUT2D eigenvalue weighted by atomic mass is 10.2. The number of carboxylic acids is 1. The lowest BCUT2D eigenvalue weighted by Gasteiger charge is -2.15. The van der Waals surface area contributed by atoms with Crippen LogP contribution in [0.1, 0.15) is 22.3 Å². The molecule has 1 aliphatic heterocycles. The summed E-state index contributed by atoms with van der Waals surface area (Å²) < 4.78 is 0. The summed E-state index contributed by atoms with van der Waals surface area (Å²) in [5.41, 5.74) is 10.0. The maximum absolute atomic E-state index is 12.7. The Labute approximate surface area is 175 Å². The van der Waals surface area contributed by atoms with Crippen LogP contribution in [0, 0.1) is 0 Å². The summed E-state index contributed by atoms with van der Waals surface area (Å²) in [6, 6.07) is 11.8. The van der Waals surface area contributed by atoms with Gasteiger partial charge in [0.05, 0.1) is 16.9 Å². The number of carbonyl (C=O) groups is 3. The van der Waals surface area contributed by atoms with Gasteiger partial charge in [-0.2, -0.15) is 5.10 Å². The summed E-state index contributed by atoms with van der Waals surface area (Å²) in [5.74, 6) is -1.84. The fourth-order valence-electron chi connectivity index (χ4n) is 2.74. The first-order valence-corrected chi connectivity index (χ1v) is 9.58. The molecule has 1 heterocycles. The zero-order valence-electron chi connectivity index (χ0n) is 15.6. The van der Waals surface area contributed by atoms with Crippen LogP contribution in [0.5, 0.6) is 5.75 Å². The molecule has 1 fully saturated rings. The van der Waals surface area contributed by atoms with E-state index in [1.807, 2.05) is 0 Å². The third-order valence-electron chi connectivity index (χ3n) is 4.26. The molecular weight excluding hydrogens is 408 g/mol. The molecule has 1 saturated heterocycles. The first-order chi connectivity index (χ1) is 14.3. The van der Waals surface area contributed by atoms with Crippen molar-refractivity contribution in [1.82, 2.24) is 5.43 Å². The van der Waals surface area contributed by atoms with Crippen molar-refractivity contribution in [3.8, 4) is 5.75 Å². The van der Waals surface area contributed by atoms with E-state index in [1.54, 1.807) is 12.1 Å². The van der Waals surface area contributed by atoms with Crippen molar-refractivity contribution in [3.63, 3.8) is 0 Å². The van der Waals surface area contributed by atoms with E-state index in [0.717, 1.165) is 16.7 Å². The van der Waals surface area contributed by atoms with E-state index < -0.39 is 23.0 Å². The van der Waals surface area contributed by atoms with Crippen LogP contribution in [0.2, 0.25) is 0 Å². The van der Waals surface area contributed by atoms with Gasteiger partial charge in [-0.25, -0.2) is 9.69 Å². The molecule has 0 unspecified atom stereocenters. The summed E-state index contributed by atoms with van der Waals surface area (Å²) in [6.45, 7) is 3.82. The van der Waals surface area contributed by atoms with Crippen LogP contribution in [0.3, 0.4) is 0 Å². The largest absolute Gasteiger partial charge is 0.508 e. The van der Waals surface area contributed by atoms with Crippen LogP contribution in [-0.4, -0.2) is 38.4 Å². The van der Waals surface area contributed by atoms with Gasteiger partial charge < -0.3 is 15.9 Å². The summed E-state index contributed by atoms with van der Waals surface area (Å²) in [6.07, 6.45) is -0.0562. The van der Waals surface area contributed by atoms with Gasteiger partial charge in [0, 0.05) is 6.42 Å². The maximum atomic E-state index is 12.7. The monoisotopic (exact) mass is 426 g/mol. The molecule has 9 nitrogen and oxygen atoms in total. The average molecular weight is 426 g/mol. The zero-order chi connectivity index (χ0) is 21.8. The molecule has 10 heteroatoms. The van der Waals surface area contributed by atoms with E-state index >= 15 is 0 Å². The second-order valence-electron chi connectivity index (χ2n) is 6.32. The van der Waals surface area contributed by atoms with Gasteiger partial charge in [0.2, 0.25) is 11.8 Å². The summed E-state index contributed by atoms with van der Waals surface area (Å²) in [5, 5.41) is 21.5. The van der Waals surface area contributed by atoms with Gasteiger partial charge in [-0.1, -0.05) is 18.3 Å². The van der Waals surface area contributed by atoms with Crippen LogP contribution in [0.4, 0.5) is 5.69 Å². The highest BCUT2D eigenvalue weighted by atomic mass is 32.2. The Kier molecular flexibility index (Phi) is 6.07. The maximum Gasteiger partial charge on any atom is 0.335 e. The predicted octanol–water partition coefficient (Wildman–Crippen LogP) is 1.95. The molecule has 1 aliphatic rings. The standard InChI is InChI=1S/C20H18N4O5S/c1-11(12-4-8-15(25)9-5-12)22-23-20(21)30-16-10-17(26)24(18(16)27)14-6-2-13(3-7-14)19(28)29/h2-9,16,22,25H,1,10H2,(H2,21,23)(H,28,29)/t16-/m0/s1. The van der Waals surface area contributed by atoms with E-state index in [4.69, 9.17) is 10.8 Å². The molecule has 0 aromatic heterocycles. The van der Waals surface area contributed by atoms with Crippen molar-refractivity contribution in [1.29, 1.82) is 0 Å². The minimum Gasteiger partial charge on any atom is -0.508 e. The van der Waals surface area contributed by atoms with Crippen LogP contribution in [0.25, 0.3) is 5.70 Å². The highest BCUT2D eigenvalue weighted by Crippen LogP contribution is 2.30. The molecule has 1 atom stereocenters. The van der Waals surface area contributed by atoms with Gasteiger partial charge in [0.1, 0.15) is 11.0 Å². The highest BCUT2D eigenvalue weighted by Gasteiger charge is 2.40. The number of phenolic OH excluding ortho intramolecular Hbond substituents is 1. The number of rotatable bonds is 6. The third-order valence-corrected chi connectivity index (χ3v) is 5.24. The number of anilines is 1. The smallest absolute Gasteiger partial charge is 0.335 e. The van der Waals surface area contributed by atoms with Crippen molar-refractivity contribution in [2.24, 2.45) is 10.8 Å². The van der Waals surface area contributed by atoms with Gasteiger partial charge in [-0.05, 0) is 54.1 Å². The predicted molar refractivity (Wildman–Crippen MR) is 114 cm³/mol. The highest BCUT2D eigenvalue weighted by molar-refractivity contribution is 8.14. The number of thioether (sulfide) groups is 1. The van der Waals surface area contributed by atoms with Crippen LogP contribution in [0.15, 0.2) is 60.2 Å². The van der Waals surface area contributed by atoms with Gasteiger partial charge in [-0.3, -0.25) is 15.0 Å². The van der Waals surface area contributed by atoms with E-state index in [1.165, 1.54) is 36.4 Å². The van der Waals surface area contributed by atoms with Gasteiger partial charge in [0.25, 0.3) is 0 Å². The summed E-state index contributed by atoms with van der Waals surface area (Å²) in [7, 11) is 0. The quantitative estimate of drug-likeness (QED) is 0.237. The molecule has 3 rings (SSSR count). The first kappa shape index (κ1) is 20.9. The number of hydrogen-bond donors (Lipinski definition) is 4. The number of carbonyl (C=O) groups excluding carboxylic acids is 2. The van der Waals surface area contributed by atoms with Crippen molar-refractivity contribution >= 4 is 46.1 Å². The number of phenols is 1. The molecule has 154 valence electrons. The lowest BCUT2D eigenvalue weighted by molar-refractivity contribution is -0.121. The number of nitrogens with one attached hydrogen (secondary N) is 1. The SMILES string of the molecule is C=C(NN=C(N)S[C@H]1CC(=O)N(c2ccc(C(=O)O)cc2)C1=O)c1ccc(O)cc1. The van der Waals surface area contributed by atoms with E-state index in [-0.39, 0.29) is 22.9 Å². The Bertz CT molecular complexity index is 1030. The number of carboxylic acid groups (broad SMARTS) is 1. The molecule has 0 spiro atoms. The molecule has 0 radical (unpaired) electrons. The number of hydrogen-bond acceptors (Lipinski definition) is 7. The van der Waals surface area contributed by atoms with Crippen molar-refractivity contribution in [3.05, 3.63) is 66.2 Å². The summed E-state index contributed by atoms with van der Waals surface area (Å²) in [4.78, 5) is 36.9. The number of nitrogens with zero attached hydrogens (tertiary/aromatic N) is 2. The molecule has 0 aliphatic carbocycles. The van der Waals surface area contributed by atoms with Gasteiger partial charge in [0.15, 0.2) is 5.17 Å². The first-order valence-electron chi connectivity index (χ1n) is 8.70. The fraction of sp³-hybridized carbons (Fsp3) is 0.100. The number of amidine groups is 1. The molecule has 2 aromatic carbocycles. The second kappa shape index (κ2) is 8.70.